The first-order chi connectivity index (χ1) is 27.6. The molecule has 0 rings (SSSR count). The second-order valence-corrected chi connectivity index (χ2v) is 16.5. The van der Waals surface area contributed by atoms with Gasteiger partial charge in [0.05, 0.1) is 6.61 Å². The number of carbonyl (C=O) groups excluding carboxylic acids is 2. The summed E-state index contributed by atoms with van der Waals surface area (Å²) in [5.74, 6) is -0.623. The highest BCUT2D eigenvalue weighted by Crippen LogP contribution is 2.16. The van der Waals surface area contributed by atoms with Gasteiger partial charge in [-0.15, -0.1) is 0 Å². The van der Waals surface area contributed by atoms with Crippen molar-refractivity contribution in [3.63, 3.8) is 0 Å². The van der Waals surface area contributed by atoms with E-state index in [2.05, 4.69) is 50.3 Å². The number of aliphatic hydroxyl groups excluding tert-OH is 1. The van der Waals surface area contributed by atoms with Gasteiger partial charge in [-0.3, -0.25) is 9.59 Å². The van der Waals surface area contributed by atoms with E-state index in [0.29, 0.717) is 12.8 Å². The summed E-state index contributed by atoms with van der Waals surface area (Å²) in [6, 6.07) is 0. The quantitative estimate of drug-likeness (QED) is 0.0378. The molecule has 0 aliphatic carbocycles. The monoisotopic (exact) mass is 787 g/mol. The number of unbranched alkanes of at least 4 members (excludes halogenated alkanes) is 31. The summed E-state index contributed by atoms with van der Waals surface area (Å²) in [6.07, 6.45) is 59.5. The van der Waals surface area contributed by atoms with Crippen molar-refractivity contribution in [2.24, 2.45) is 0 Å². The molecule has 0 aromatic heterocycles. The summed E-state index contributed by atoms with van der Waals surface area (Å²) >= 11 is 0. The van der Waals surface area contributed by atoms with Gasteiger partial charge in [-0.2, -0.15) is 0 Å². The van der Waals surface area contributed by atoms with Gasteiger partial charge in [0.25, 0.3) is 0 Å². The normalized spacial score (nSPS) is 12.4. The van der Waals surface area contributed by atoms with Crippen LogP contribution >= 0.6 is 0 Å². The zero-order valence-electron chi connectivity index (χ0n) is 37.4. The lowest BCUT2D eigenvalue weighted by Crippen LogP contribution is -2.28. The van der Waals surface area contributed by atoms with Crippen molar-refractivity contribution >= 4 is 11.9 Å². The highest BCUT2D eigenvalue weighted by molar-refractivity contribution is 5.70. The van der Waals surface area contributed by atoms with Crippen LogP contribution in [-0.4, -0.2) is 36.4 Å². The fraction of sp³-hybridized carbons (Fsp3) is 0.843. The zero-order chi connectivity index (χ0) is 40.7. The molecule has 0 saturated heterocycles. The molecule has 0 fully saturated rings. The van der Waals surface area contributed by atoms with Gasteiger partial charge >= 0.3 is 11.9 Å². The van der Waals surface area contributed by atoms with Crippen molar-refractivity contribution in [3.8, 4) is 0 Å². The molecule has 0 unspecified atom stereocenters. The lowest BCUT2D eigenvalue weighted by molar-refractivity contribution is -0.161. The maximum atomic E-state index is 12.2. The van der Waals surface area contributed by atoms with Crippen molar-refractivity contribution in [1.29, 1.82) is 0 Å². The molecule has 0 aromatic carbocycles. The van der Waals surface area contributed by atoms with Crippen LogP contribution in [0.2, 0.25) is 0 Å². The molecule has 0 aliphatic heterocycles. The minimum Gasteiger partial charge on any atom is -0.462 e. The van der Waals surface area contributed by atoms with Crippen LogP contribution in [0.25, 0.3) is 0 Å². The Balaban J connectivity index is 3.51. The van der Waals surface area contributed by atoms with E-state index in [-0.39, 0.29) is 25.2 Å². The molecule has 0 aliphatic rings. The Morgan fingerprint density at radius 1 is 0.411 bits per heavy atom. The number of carbonyl (C=O) groups is 2. The standard InChI is InChI=1S/C51H94O5/c1-3-5-7-9-11-13-15-17-19-21-23-24-25-26-28-30-32-34-36-38-40-42-44-46-51(54)56-49(47-52)48-55-50(53)45-43-41-39-37-35-33-31-29-27-22-20-18-16-14-12-10-8-6-4-2/h12,14,18,20,38,40,49,52H,3-11,13,15-17,19,21-37,39,41-48H2,1-2H3/b14-12+,20-18+,40-38+/t49-/m0/s1. The van der Waals surface area contributed by atoms with Crippen molar-refractivity contribution in [3.05, 3.63) is 36.5 Å². The first kappa shape index (κ1) is 54.1. The third-order valence-corrected chi connectivity index (χ3v) is 10.9. The Bertz CT molecular complexity index is 893. The van der Waals surface area contributed by atoms with Crippen molar-refractivity contribution in [2.45, 2.75) is 264 Å². The van der Waals surface area contributed by atoms with Gasteiger partial charge in [-0.1, -0.05) is 217 Å². The molecule has 0 bridgehead atoms. The summed E-state index contributed by atoms with van der Waals surface area (Å²) < 4.78 is 10.6. The predicted molar refractivity (Wildman–Crippen MR) is 242 cm³/mol. The second-order valence-electron chi connectivity index (χ2n) is 16.5. The highest BCUT2D eigenvalue weighted by Gasteiger charge is 2.16. The van der Waals surface area contributed by atoms with E-state index in [1.165, 1.54) is 186 Å². The van der Waals surface area contributed by atoms with Crippen LogP contribution in [0.3, 0.4) is 0 Å². The number of hydrogen-bond acceptors (Lipinski definition) is 5. The predicted octanol–water partition coefficient (Wildman–Crippen LogP) is 16.0. The molecule has 0 spiro atoms. The summed E-state index contributed by atoms with van der Waals surface area (Å²) in [7, 11) is 0. The molecule has 328 valence electrons. The minimum absolute atomic E-state index is 0.0770. The van der Waals surface area contributed by atoms with Crippen molar-refractivity contribution < 1.29 is 24.2 Å². The van der Waals surface area contributed by atoms with Crippen LogP contribution in [0, 0.1) is 0 Å². The molecule has 0 aromatic rings. The van der Waals surface area contributed by atoms with Gasteiger partial charge in [-0.25, -0.2) is 0 Å². The molecule has 5 heteroatoms. The first-order valence-electron chi connectivity index (χ1n) is 24.5. The molecule has 1 N–H and O–H groups in total. The smallest absolute Gasteiger partial charge is 0.306 e. The number of esters is 2. The van der Waals surface area contributed by atoms with Gasteiger partial charge in [-0.05, 0) is 64.2 Å². The molecule has 1 atom stereocenters. The van der Waals surface area contributed by atoms with Gasteiger partial charge in [0.1, 0.15) is 6.61 Å². The topological polar surface area (TPSA) is 72.8 Å². The Kier molecular flexibility index (Phi) is 45.9. The second kappa shape index (κ2) is 47.5. The van der Waals surface area contributed by atoms with Crippen molar-refractivity contribution in [1.82, 2.24) is 0 Å². The van der Waals surface area contributed by atoms with E-state index < -0.39 is 6.10 Å². The van der Waals surface area contributed by atoms with E-state index in [4.69, 9.17) is 9.47 Å². The average Bonchev–Trinajstić information content (AvgIpc) is 3.20. The summed E-state index contributed by atoms with van der Waals surface area (Å²) in [5.41, 5.74) is 0. The maximum absolute atomic E-state index is 12.2. The van der Waals surface area contributed by atoms with Crippen LogP contribution in [0.4, 0.5) is 0 Å². The van der Waals surface area contributed by atoms with E-state index in [9.17, 15) is 14.7 Å². The SMILES string of the molecule is CCCCC/C=C/C/C=C/CCCCCCCCCCCC(=O)OC[C@H](CO)OC(=O)CCC/C=C/CCCCCCCCCCCCCCCCCCCC. The van der Waals surface area contributed by atoms with Crippen LogP contribution < -0.4 is 0 Å². The molecular formula is C51H94O5. The minimum atomic E-state index is -0.787. The largest absolute Gasteiger partial charge is 0.462 e. The molecule has 0 heterocycles. The van der Waals surface area contributed by atoms with Crippen LogP contribution in [0.1, 0.15) is 258 Å². The third kappa shape index (κ3) is 44.8. The maximum Gasteiger partial charge on any atom is 0.306 e. The number of hydrogen-bond donors (Lipinski definition) is 1. The van der Waals surface area contributed by atoms with Gasteiger partial charge in [0, 0.05) is 12.8 Å². The number of aliphatic hydroxyl groups is 1. The Morgan fingerprint density at radius 3 is 1.16 bits per heavy atom. The molecule has 0 amide bonds. The Morgan fingerprint density at radius 2 is 0.732 bits per heavy atom. The van der Waals surface area contributed by atoms with Gasteiger partial charge in [0.2, 0.25) is 0 Å². The number of rotatable bonds is 45. The Hall–Kier alpha value is -1.88. The molecular weight excluding hydrogens is 693 g/mol. The van der Waals surface area contributed by atoms with Crippen molar-refractivity contribution in [2.75, 3.05) is 13.2 Å². The molecule has 0 saturated carbocycles. The van der Waals surface area contributed by atoms with E-state index in [1.54, 1.807) is 0 Å². The first-order valence-corrected chi connectivity index (χ1v) is 24.5. The number of allylic oxidation sites excluding steroid dienone is 6. The third-order valence-electron chi connectivity index (χ3n) is 10.9. The summed E-state index contributed by atoms with van der Waals surface area (Å²) in [5, 5.41) is 9.60. The number of ether oxygens (including phenoxy) is 2. The van der Waals surface area contributed by atoms with Crippen LogP contribution in [-0.2, 0) is 19.1 Å². The summed E-state index contributed by atoms with van der Waals surface area (Å²) in [4.78, 5) is 24.4. The van der Waals surface area contributed by atoms with Gasteiger partial charge < -0.3 is 14.6 Å². The lowest BCUT2D eigenvalue weighted by atomic mass is 10.0. The Labute approximate surface area is 348 Å². The van der Waals surface area contributed by atoms with E-state index in [0.717, 1.165) is 44.9 Å². The highest BCUT2D eigenvalue weighted by atomic mass is 16.6. The van der Waals surface area contributed by atoms with E-state index >= 15 is 0 Å². The fourth-order valence-electron chi connectivity index (χ4n) is 7.18. The van der Waals surface area contributed by atoms with Crippen LogP contribution in [0.5, 0.6) is 0 Å². The molecule has 0 radical (unpaired) electrons. The summed E-state index contributed by atoms with van der Waals surface area (Å²) in [6.45, 7) is 4.12. The van der Waals surface area contributed by atoms with E-state index in [1.807, 2.05) is 0 Å². The average molecular weight is 787 g/mol. The molecule has 56 heavy (non-hydrogen) atoms. The van der Waals surface area contributed by atoms with Gasteiger partial charge in [0.15, 0.2) is 6.10 Å². The molecule has 5 nitrogen and oxygen atoms in total. The fourth-order valence-corrected chi connectivity index (χ4v) is 7.18. The lowest BCUT2D eigenvalue weighted by Gasteiger charge is -2.15. The van der Waals surface area contributed by atoms with Crippen LogP contribution in [0.15, 0.2) is 36.5 Å². The zero-order valence-corrected chi connectivity index (χ0v) is 37.4.